The minimum atomic E-state index is -0.664. The summed E-state index contributed by atoms with van der Waals surface area (Å²) in [5.41, 5.74) is 6.18. The lowest BCUT2D eigenvalue weighted by Crippen LogP contribution is -2.29. The lowest BCUT2D eigenvalue weighted by atomic mass is 10.0. The van der Waals surface area contributed by atoms with E-state index >= 15 is 0 Å². The van der Waals surface area contributed by atoms with Gasteiger partial charge in [0.25, 0.3) is 5.91 Å². The third kappa shape index (κ3) is 2.98. The summed E-state index contributed by atoms with van der Waals surface area (Å²) < 4.78 is 0. The van der Waals surface area contributed by atoms with Crippen molar-refractivity contribution in [3.05, 3.63) is 53.7 Å². The first-order valence-corrected chi connectivity index (χ1v) is 5.85. The number of carbonyl (C=O) groups excluding carboxylic acids is 2. The zero-order valence-corrected chi connectivity index (χ0v) is 10.5. The van der Waals surface area contributed by atoms with Crippen LogP contribution in [0.1, 0.15) is 12.5 Å². The number of benzene rings is 2. The van der Waals surface area contributed by atoms with E-state index in [4.69, 9.17) is 5.73 Å². The van der Waals surface area contributed by atoms with E-state index in [0.717, 1.165) is 16.3 Å². The zero-order valence-electron chi connectivity index (χ0n) is 10.5. The van der Waals surface area contributed by atoms with Crippen molar-refractivity contribution in [2.75, 3.05) is 0 Å². The molecule has 2 amide bonds. The van der Waals surface area contributed by atoms with Crippen molar-refractivity contribution in [3.8, 4) is 0 Å². The summed E-state index contributed by atoms with van der Waals surface area (Å²) in [5.74, 6) is -0.992. The van der Waals surface area contributed by atoms with Gasteiger partial charge in [-0.3, -0.25) is 9.59 Å². The number of fused-ring (bicyclic) bond motifs is 1. The van der Waals surface area contributed by atoms with Crippen LogP contribution in [0, 0.1) is 0 Å². The van der Waals surface area contributed by atoms with Gasteiger partial charge in [-0.05, 0) is 22.4 Å². The van der Waals surface area contributed by atoms with Crippen LogP contribution in [-0.2, 0) is 9.59 Å². The minimum Gasteiger partial charge on any atom is -0.364 e. The molecule has 3 N–H and O–H groups in total. The van der Waals surface area contributed by atoms with Crippen molar-refractivity contribution in [3.63, 3.8) is 0 Å². The Kier molecular flexibility index (Phi) is 3.61. The zero-order chi connectivity index (χ0) is 13.8. The second kappa shape index (κ2) is 5.35. The number of rotatable bonds is 3. The molecule has 0 unspecified atom stereocenters. The molecule has 0 aliphatic rings. The van der Waals surface area contributed by atoms with Crippen molar-refractivity contribution >= 4 is 28.7 Å². The highest BCUT2D eigenvalue weighted by molar-refractivity contribution is 6.02. The Labute approximate surface area is 110 Å². The quantitative estimate of drug-likeness (QED) is 0.820. The number of nitrogens with one attached hydrogen (secondary N) is 1. The number of amides is 2. The lowest BCUT2D eigenvalue weighted by Gasteiger charge is -2.06. The van der Waals surface area contributed by atoms with Crippen LogP contribution in [0.15, 0.2) is 48.2 Å². The van der Waals surface area contributed by atoms with Crippen LogP contribution in [0.2, 0.25) is 0 Å². The Balaban J connectivity index is 2.54. The first-order valence-electron chi connectivity index (χ1n) is 5.85. The molecule has 4 nitrogen and oxygen atoms in total. The average Bonchev–Trinajstić information content (AvgIpc) is 2.37. The molecule has 0 aromatic heterocycles. The van der Waals surface area contributed by atoms with E-state index in [9.17, 15) is 9.59 Å². The molecule has 4 heteroatoms. The first-order chi connectivity index (χ1) is 9.08. The SMILES string of the molecule is CC(=O)N/C(=C/c1cccc2ccccc12)C(N)=O. The summed E-state index contributed by atoms with van der Waals surface area (Å²) in [5, 5.41) is 4.49. The molecule has 0 fully saturated rings. The summed E-state index contributed by atoms with van der Waals surface area (Å²) in [4.78, 5) is 22.4. The number of nitrogens with two attached hydrogens (primary N) is 1. The molecule has 2 rings (SSSR count). The largest absolute Gasteiger partial charge is 0.364 e. The van der Waals surface area contributed by atoms with Gasteiger partial charge in [-0.25, -0.2) is 0 Å². The highest BCUT2D eigenvalue weighted by atomic mass is 16.2. The van der Waals surface area contributed by atoms with Crippen LogP contribution in [0.3, 0.4) is 0 Å². The van der Waals surface area contributed by atoms with Crippen molar-refractivity contribution < 1.29 is 9.59 Å². The van der Waals surface area contributed by atoms with Gasteiger partial charge in [0.15, 0.2) is 0 Å². The fourth-order valence-electron chi connectivity index (χ4n) is 1.89. The summed E-state index contributed by atoms with van der Waals surface area (Å²) in [7, 11) is 0. The van der Waals surface area contributed by atoms with Gasteiger partial charge in [0, 0.05) is 6.92 Å². The fourth-order valence-corrected chi connectivity index (χ4v) is 1.89. The number of hydrogen-bond acceptors (Lipinski definition) is 2. The van der Waals surface area contributed by atoms with E-state index in [1.165, 1.54) is 6.92 Å². The summed E-state index contributed by atoms with van der Waals surface area (Å²) >= 11 is 0. The molecule has 0 saturated carbocycles. The maximum absolute atomic E-state index is 11.3. The number of carbonyl (C=O) groups is 2. The maximum atomic E-state index is 11.3. The Bertz CT molecular complexity index is 669. The molecule has 2 aromatic carbocycles. The van der Waals surface area contributed by atoms with Gasteiger partial charge in [-0.2, -0.15) is 0 Å². The predicted molar refractivity (Wildman–Crippen MR) is 74.9 cm³/mol. The molecule has 0 spiro atoms. The summed E-state index contributed by atoms with van der Waals surface area (Å²) in [6.45, 7) is 1.33. The second-order valence-corrected chi connectivity index (χ2v) is 4.17. The molecule has 2 aromatic rings. The minimum absolute atomic E-state index is 0.0869. The first kappa shape index (κ1) is 12.8. The van der Waals surface area contributed by atoms with Crippen LogP contribution in [0.25, 0.3) is 16.8 Å². The highest BCUT2D eigenvalue weighted by Crippen LogP contribution is 2.20. The van der Waals surface area contributed by atoms with Gasteiger partial charge < -0.3 is 11.1 Å². The topological polar surface area (TPSA) is 72.2 Å². The van der Waals surface area contributed by atoms with Crippen molar-refractivity contribution in [2.24, 2.45) is 5.73 Å². The average molecular weight is 254 g/mol. The van der Waals surface area contributed by atoms with E-state index in [2.05, 4.69) is 5.32 Å². The lowest BCUT2D eigenvalue weighted by molar-refractivity contribution is -0.121. The van der Waals surface area contributed by atoms with Crippen LogP contribution >= 0.6 is 0 Å². The molecule has 0 bridgehead atoms. The van der Waals surface area contributed by atoms with Gasteiger partial charge >= 0.3 is 0 Å². The van der Waals surface area contributed by atoms with Crippen LogP contribution in [0.5, 0.6) is 0 Å². The van der Waals surface area contributed by atoms with E-state index in [-0.39, 0.29) is 11.6 Å². The summed E-state index contributed by atoms with van der Waals surface area (Å²) in [6.07, 6.45) is 1.59. The summed E-state index contributed by atoms with van der Waals surface area (Å²) in [6, 6.07) is 13.5. The fraction of sp³-hybridized carbons (Fsp3) is 0.0667. The smallest absolute Gasteiger partial charge is 0.265 e. The molecule has 0 heterocycles. The Hall–Kier alpha value is -2.62. The normalized spacial score (nSPS) is 11.3. The standard InChI is InChI=1S/C15H14N2O2/c1-10(18)17-14(15(16)19)9-12-7-4-6-11-5-2-3-8-13(11)12/h2-9H,1H3,(H2,16,19)(H,17,18)/b14-9+. The molecular formula is C15H14N2O2. The molecule has 0 aliphatic heterocycles. The van der Waals surface area contributed by atoms with Gasteiger partial charge in [-0.15, -0.1) is 0 Å². The monoisotopic (exact) mass is 254 g/mol. The molecule has 0 radical (unpaired) electrons. The van der Waals surface area contributed by atoms with E-state index < -0.39 is 5.91 Å². The number of primary amides is 1. The second-order valence-electron chi connectivity index (χ2n) is 4.17. The van der Waals surface area contributed by atoms with Gasteiger partial charge in [0.05, 0.1) is 0 Å². The molecule has 0 atom stereocenters. The molecule has 96 valence electrons. The Morgan fingerprint density at radius 3 is 2.47 bits per heavy atom. The van der Waals surface area contributed by atoms with Crippen molar-refractivity contribution in [1.82, 2.24) is 5.32 Å². The van der Waals surface area contributed by atoms with Gasteiger partial charge in [0.1, 0.15) is 5.70 Å². The molecule has 0 saturated heterocycles. The van der Waals surface area contributed by atoms with E-state index in [0.29, 0.717) is 0 Å². The van der Waals surface area contributed by atoms with Crippen LogP contribution in [0.4, 0.5) is 0 Å². The highest BCUT2D eigenvalue weighted by Gasteiger charge is 2.07. The van der Waals surface area contributed by atoms with E-state index in [1.807, 2.05) is 42.5 Å². The Morgan fingerprint density at radius 2 is 1.79 bits per heavy atom. The van der Waals surface area contributed by atoms with Crippen molar-refractivity contribution in [2.45, 2.75) is 6.92 Å². The predicted octanol–water partition coefficient (Wildman–Crippen LogP) is 1.80. The van der Waals surface area contributed by atoms with E-state index in [1.54, 1.807) is 6.08 Å². The Morgan fingerprint density at radius 1 is 1.11 bits per heavy atom. The van der Waals surface area contributed by atoms with Gasteiger partial charge in [-0.1, -0.05) is 42.5 Å². The van der Waals surface area contributed by atoms with Crippen molar-refractivity contribution in [1.29, 1.82) is 0 Å². The molecule has 19 heavy (non-hydrogen) atoms. The van der Waals surface area contributed by atoms with Gasteiger partial charge in [0.2, 0.25) is 5.91 Å². The number of hydrogen-bond donors (Lipinski definition) is 2. The molecular weight excluding hydrogens is 240 g/mol. The third-order valence-corrected chi connectivity index (χ3v) is 2.70. The van der Waals surface area contributed by atoms with Crippen LogP contribution < -0.4 is 11.1 Å². The molecule has 0 aliphatic carbocycles. The maximum Gasteiger partial charge on any atom is 0.265 e. The third-order valence-electron chi connectivity index (χ3n) is 2.70. The van der Waals surface area contributed by atoms with Crippen LogP contribution in [-0.4, -0.2) is 11.8 Å².